The number of ether oxygens (including phenoxy) is 2. The Morgan fingerprint density at radius 2 is 1.91 bits per heavy atom. The number of nitrogens with one attached hydrogen (secondary N) is 1. The van der Waals surface area contributed by atoms with Gasteiger partial charge in [-0.3, -0.25) is 19.2 Å². The van der Waals surface area contributed by atoms with E-state index in [1.54, 1.807) is 24.0 Å². The first-order chi connectivity index (χ1) is 20.1. The van der Waals surface area contributed by atoms with Crippen LogP contribution in [0.1, 0.15) is 87.0 Å². The van der Waals surface area contributed by atoms with Crippen molar-refractivity contribution in [1.29, 1.82) is 0 Å². The third kappa shape index (κ3) is 7.00. The Bertz CT molecular complexity index is 1080. The lowest BCUT2D eigenvalue weighted by molar-refractivity contribution is -0.160. The fourth-order valence-electron chi connectivity index (χ4n) is 7.65. The molecule has 3 saturated heterocycles. The van der Waals surface area contributed by atoms with Crippen LogP contribution >= 0.6 is 0 Å². The molecule has 3 aliphatic rings. The summed E-state index contributed by atoms with van der Waals surface area (Å²) in [4.78, 5) is 57.9. The van der Waals surface area contributed by atoms with Crippen molar-refractivity contribution in [1.82, 2.24) is 15.1 Å². The van der Waals surface area contributed by atoms with Crippen molar-refractivity contribution < 1.29 is 33.8 Å². The molecule has 3 aliphatic heterocycles. The molecule has 242 valence electrons. The lowest BCUT2D eigenvalue weighted by Gasteiger charge is -2.46. The first kappa shape index (κ1) is 34.8. The average molecular weight is 604 g/mol. The standard InChI is InChI=1S/C33H53N3O7/c1-10-13-14-24(38)34-18-21(4)42-30(41)25-23-15-16-33(43-23)26(25)28(39)36(22(12-3)19-37)27(33)29(40)35(17-11-2)32(8,9)20-31(5,6)7/h10-11,21-23,25-27,37H,1-2,12-20H2,3-9H3,(H,34,38)/t21-,22-,23+,25-,26-,27+,33-/m0/s1. The van der Waals surface area contributed by atoms with Crippen LogP contribution in [0.15, 0.2) is 25.3 Å². The molecule has 3 rings (SSSR count). The number of fused-ring (bicyclic) bond motifs is 1. The predicted molar refractivity (Wildman–Crippen MR) is 164 cm³/mol. The van der Waals surface area contributed by atoms with Crippen molar-refractivity contribution in [2.24, 2.45) is 17.3 Å². The van der Waals surface area contributed by atoms with Gasteiger partial charge in [0.05, 0.1) is 37.1 Å². The maximum absolute atomic E-state index is 14.7. The molecule has 3 amide bonds. The number of carbonyl (C=O) groups excluding carboxylic acids is 4. The Morgan fingerprint density at radius 1 is 1.23 bits per heavy atom. The molecule has 0 radical (unpaired) electrons. The molecular weight excluding hydrogens is 550 g/mol. The third-order valence-electron chi connectivity index (χ3n) is 9.07. The number of aliphatic hydroxyl groups excluding tert-OH is 1. The van der Waals surface area contributed by atoms with Gasteiger partial charge in [0.2, 0.25) is 17.7 Å². The number of likely N-dealkylation sites (tertiary alicyclic amines) is 1. The number of hydrogen-bond acceptors (Lipinski definition) is 7. The van der Waals surface area contributed by atoms with Gasteiger partial charge >= 0.3 is 5.97 Å². The molecule has 3 fully saturated rings. The molecule has 0 aliphatic carbocycles. The summed E-state index contributed by atoms with van der Waals surface area (Å²) >= 11 is 0. The van der Waals surface area contributed by atoms with Gasteiger partial charge in [-0.1, -0.05) is 39.8 Å². The number of allylic oxidation sites excluding steroid dienone is 1. The van der Waals surface area contributed by atoms with Crippen LogP contribution in [0.5, 0.6) is 0 Å². The van der Waals surface area contributed by atoms with Gasteiger partial charge in [0, 0.05) is 18.5 Å². The molecule has 3 heterocycles. The number of carbonyl (C=O) groups is 4. The summed E-state index contributed by atoms with van der Waals surface area (Å²) in [5.74, 6) is -3.14. The molecule has 2 N–H and O–H groups in total. The molecule has 0 unspecified atom stereocenters. The van der Waals surface area contributed by atoms with Crippen LogP contribution < -0.4 is 5.32 Å². The Morgan fingerprint density at radius 3 is 2.47 bits per heavy atom. The fourth-order valence-corrected chi connectivity index (χ4v) is 7.65. The lowest BCUT2D eigenvalue weighted by atomic mass is 9.70. The number of rotatable bonds is 15. The maximum atomic E-state index is 14.7. The van der Waals surface area contributed by atoms with E-state index >= 15 is 0 Å². The third-order valence-corrected chi connectivity index (χ3v) is 9.07. The Hall–Kier alpha value is -2.72. The van der Waals surface area contributed by atoms with Crippen LogP contribution in [0.2, 0.25) is 0 Å². The minimum atomic E-state index is -1.20. The molecule has 0 saturated carbocycles. The van der Waals surface area contributed by atoms with E-state index in [0.717, 1.165) is 0 Å². The number of aliphatic hydroxyl groups is 1. The number of hydrogen-bond donors (Lipinski definition) is 2. The summed E-state index contributed by atoms with van der Waals surface area (Å²) in [7, 11) is 0. The monoisotopic (exact) mass is 603 g/mol. The van der Waals surface area contributed by atoms with Crippen LogP contribution in [0, 0.1) is 17.3 Å². The highest BCUT2D eigenvalue weighted by Crippen LogP contribution is 2.59. The first-order valence-corrected chi connectivity index (χ1v) is 15.7. The molecule has 0 aromatic rings. The van der Waals surface area contributed by atoms with E-state index in [9.17, 15) is 24.3 Å². The molecule has 1 spiro atoms. The van der Waals surface area contributed by atoms with Gasteiger partial charge in [-0.05, 0) is 58.3 Å². The molecule has 7 atom stereocenters. The lowest BCUT2D eigenvalue weighted by Crippen LogP contribution is -2.62. The quantitative estimate of drug-likeness (QED) is 0.217. The fraction of sp³-hybridized carbons (Fsp3) is 0.758. The number of amides is 3. The van der Waals surface area contributed by atoms with Gasteiger partial charge in [0.25, 0.3) is 0 Å². The van der Waals surface area contributed by atoms with E-state index in [1.165, 1.54) is 4.90 Å². The van der Waals surface area contributed by atoms with Gasteiger partial charge in [-0.2, -0.15) is 0 Å². The topological polar surface area (TPSA) is 125 Å². The van der Waals surface area contributed by atoms with Crippen molar-refractivity contribution >= 4 is 23.7 Å². The number of nitrogens with zero attached hydrogens (tertiary/aromatic N) is 2. The van der Waals surface area contributed by atoms with Crippen molar-refractivity contribution in [2.75, 3.05) is 19.7 Å². The minimum Gasteiger partial charge on any atom is -0.460 e. The molecule has 0 aromatic carbocycles. The van der Waals surface area contributed by atoms with Gasteiger partial charge in [0.15, 0.2) is 0 Å². The summed E-state index contributed by atoms with van der Waals surface area (Å²) in [6, 6.07) is -1.60. The smallest absolute Gasteiger partial charge is 0.312 e. The van der Waals surface area contributed by atoms with Gasteiger partial charge < -0.3 is 29.7 Å². The Balaban J connectivity index is 1.95. The van der Waals surface area contributed by atoms with Crippen LogP contribution in [-0.4, -0.2) is 93.7 Å². The summed E-state index contributed by atoms with van der Waals surface area (Å²) in [6.07, 6.45) is 5.11. The van der Waals surface area contributed by atoms with Crippen molar-refractivity contribution in [3.05, 3.63) is 25.3 Å². The highest BCUT2D eigenvalue weighted by molar-refractivity contribution is 5.98. The van der Waals surface area contributed by atoms with Gasteiger partial charge in [0.1, 0.15) is 17.7 Å². The molecule has 0 aromatic heterocycles. The van der Waals surface area contributed by atoms with Crippen LogP contribution in [-0.2, 0) is 28.7 Å². The molecule has 10 nitrogen and oxygen atoms in total. The van der Waals surface area contributed by atoms with Crippen LogP contribution in [0.4, 0.5) is 0 Å². The summed E-state index contributed by atoms with van der Waals surface area (Å²) in [6.45, 7) is 21.6. The summed E-state index contributed by atoms with van der Waals surface area (Å²) in [5.41, 5.74) is -1.86. The summed E-state index contributed by atoms with van der Waals surface area (Å²) < 4.78 is 12.3. The first-order valence-electron chi connectivity index (χ1n) is 15.7. The molecule has 2 bridgehead atoms. The van der Waals surface area contributed by atoms with E-state index in [4.69, 9.17) is 9.47 Å². The van der Waals surface area contributed by atoms with Crippen LogP contribution in [0.25, 0.3) is 0 Å². The second-order valence-electron chi connectivity index (χ2n) is 14.2. The zero-order valence-corrected chi connectivity index (χ0v) is 27.2. The van der Waals surface area contributed by atoms with Crippen molar-refractivity contribution in [3.63, 3.8) is 0 Å². The van der Waals surface area contributed by atoms with Crippen molar-refractivity contribution in [3.8, 4) is 0 Å². The number of esters is 1. The second-order valence-corrected chi connectivity index (χ2v) is 14.2. The maximum Gasteiger partial charge on any atom is 0.312 e. The Labute approximate surface area is 257 Å². The van der Waals surface area contributed by atoms with E-state index < -0.39 is 53.2 Å². The predicted octanol–water partition coefficient (Wildman–Crippen LogP) is 3.38. The zero-order chi connectivity index (χ0) is 32.3. The highest BCUT2D eigenvalue weighted by Gasteiger charge is 2.76. The van der Waals surface area contributed by atoms with Crippen LogP contribution in [0.3, 0.4) is 0 Å². The van der Waals surface area contributed by atoms with E-state index in [2.05, 4.69) is 39.2 Å². The minimum absolute atomic E-state index is 0.0781. The van der Waals surface area contributed by atoms with Crippen molar-refractivity contribution in [2.45, 2.75) is 122 Å². The zero-order valence-electron chi connectivity index (χ0n) is 27.2. The largest absolute Gasteiger partial charge is 0.460 e. The SMILES string of the molecule is C=CCCC(=O)NC[C@H](C)OC(=O)[C@@H]1[C@H]2C(=O)N([C@@H](CC)CO)[C@H](C(=O)N(CC=C)C(C)(C)CC(C)(C)C)[C@]23CC[C@H]1O3. The van der Waals surface area contributed by atoms with Gasteiger partial charge in [-0.15, -0.1) is 13.2 Å². The van der Waals surface area contributed by atoms with E-state index in [1.807, 2.05) is 20.8 Å². The van der Waals surface area contributed by atoms with E-state index in [-0.39, 0.29) is 42.8 Å². The normalized spacial score (nSPS) is 27.8. The highest BCUT2D eigenvalue weighted by atomic mass is 16.6. The van der Waals surface area contributed by atoms with E-state index in [0.29, 0.717) is 38.5 Å². The second kappa shape index (κ2) is 13.5. The molecular formula is C33H53N3O7. The molecule has 10 heteroatoms. The van der Waals surface area contributed by atoms with Gasteiger partial charge in [-0.25, -0.2) is 0 Å². The molecule has 43 heavy (non-hydrogen) atoms. The summed E-state index contributed by atoms with van der Waals surface area (Å²) in [5, 5.41) is 13.1. The Kier molecular flexibility index (Phi) is 10.9. The average Bonchev–Trinajstić information content (AvgIpc) is 3.56.